The number of carbonyl (C=O) groups is 1. The molecule has 2 rings (SSSR count). The zero-order chi connectivity index (χ0) is 17.9. The predicted molar refractivity (Wildman–Crippen MR) is 94.0 cm³/mol. The van der Waals surface area contributed by atoms with Crippen LogP contribution in [0.3, 0.4) is 0 Å². The van der Waals surface area contributed by atoms with Crippen molar-refractivity contribution in [2.75, 3.05) is 0 Å². The maximum atomic E-state index is 12.1. The first-order chi connectivity index (χ1) is 11.2. The Morgan fingerprint density at radius 1 is 1.38 bits per heavy atom. The van der Waals surface area contributed by atoms with Crippen LogP contribution in [0, 0.1) is 0 Å². The van der Waals surface area contributed by atoms with Gasteiger partial charge in [-0.1, -0.05) is 30.3 Å². The van der Waals surface area contributed by atoms with Crippen LogP contribution in [0.4, 0.5) is 0 Å². The molecule has 24 heavy (non-hydrogen) atoms. The van der Waals surface area contributed by atoms with Crippen molar-refractivity contribution in [2.45, 2.75) is 24.6 Å². The van der Waals surface area contributed by atoms with Crippen molar-refractivity contribution in [2.24, 2.45) is 4.99 Å². The van der Waals surface area contributed by atoms with Gasteiger partial charge in [-0.05, 0) is 13.8 Å². The van der Waals surface area contributed by atoms with E-state index in [4.69, 9.17) is 0 Å². The number of aliphatic imine (C=N–C) groups is 1. The summed E-state index contributed by atoms with van der Waals surface area (Å²) in [7, 11) is 0. The Balaban J connectivity index is 2.40. The third kappa shape index (κ3) is 4.02. The van der Waals surface area contributed by atoms with Crippen LogP contribution >= 0.6 is 12.6 Å². The standard InChI is InChI=1S/C16H17N3O4S/c1-16(2,24)12(15(22)23)17-8-10-13(20)19-11(14(21)18-10)9-6-4-3-5-7-9/h3-8,12,24H,1-2H3,(H,18,21)(H,19,20)(H,22,23). The van der Waals surface area contributed by atoms with E-state index in [-0.39, 0.29) is 11.4 Å². The number of H-pyrrole nitrogens is 1. The molecule has 2 aromatic rings. The number of hydrogen-bond donors (Lipinski definition) is 4. The maximum Gasteiger partial charge on any atom is 0.329 e. The van der Waals surface area contributed by atoms with Gasteiger partial charge in [0, 0.05) is 10.3 Å². The Morgan fingerprint density at radius 2 is 2.00 bits per heavy atom. The second-order valence-electron chi connectivity index (χ2n) is 5.69. The Labute approximate surface area is 143 Å². The number of hydrogen-bond acceptors (Lipinski definition) is 6. The Morgan fingerprint density at radius 3 is 2.54 bits per heavy atom. The number of aromatic amines is 1. The smallest absolute Gasteiger partial charge is 0.329 e. The van der Waals surface area contributed by atoms with Crippen LogP contribution in [-0.2, 0) is 4.79 Å². The van der Waals surface area contributed by atoms with Gasteiger partial charge < -0.3 is 15.2 Å². The number of benzene rings is 1. The summed E-state index contributed by atoms with van der Waals surface area (Å²) in [4.78, 5) is 33.6. The molecule has 126 valence electrons. The first kappa shape index (κ1) is 17.7. The van der Waals surface area contributed by atoms with Gasteiger partial charge in [-0.2, -0.15) is 12.6 Å². The first-order valence-electron chi connectivity index (χ1n) is 7.07. The molecule has 1 aromatic heterocycles. The third-order valence-corrected chi connectivity index (χ3v) is 3.47. The zero-order valence-corrected chi connectivity index (χ0v) is 14.0. The average molecular weight is 347 g/mol. The molecule has 1 unspecified atom stereocenters. The minimum Gasteiger partial charge on any atom is -0.492 e. The van der Waals surface area contributed by atoms with Gasteiger partial charge in [0.15, 0.2) is 6.04 Å². The van der Waals surface area contributed by atoms with Gasteiger partial charge in [-0.25, -0.2) is 9.78 Å². The fourth-order valence-electron chi connectivity index (χ4n) is 2.03. The molecule has 0 aliphatic rings. The lowest BCUT2D eigenvalue weighted by atomic mass is 10.0. The van der Waals surface area contributed by atoms with Crippen molar-refractivity contribution in [3.05, 3.63) is 46.4 Å². The Hall–Kier alpha value is -2.61. The number of carboxylic acids is 1. The molecular formula is C16H17N3O4S. The van der Waals surface area contributed by atoms with Crippen molar-refractivity contribution >= 4 is 24.8 Å². The number of rotatable bonds is 5. The van der Waals surface area contributed by atoms with E-state index in [1.165, 1.54) is 0 Å². The molecular weight excluding hydrogens is 330 g/mol. The number of aromatic nitrogens is 2. The second-order valence-corrected chi connectivity index (χ2v) is 6.84. The van der Waals surface area contributed by atoms with Gasteiger partial charge in [0.2, 0.25) is 5.88 Å². The average Bonchev–Trinajstić information content (AvgIpc) is 2.49. The van der Waals surface area contributed by atoms with E-state index >= 15 is 0 Å². The largest absolute Gasteiger partial charge is 0.492 e. The summed E-state index contributed by atoms with van der Waals surface area (Å²) in [6.45, 7) is 3.21. The van der Waals surface area contributed by atoms with Gasteiger partial charge in [0.05, 0.1) is 6.21 Å². The fourth-order valence-corrected chi connectivity index (χ4v) is 2.21. The normalized spacial score (nSPS) is 13.1. The van der Waals surface area contributed by atoms with E-state index < -0.39 is 28.2 Å². The number of carboxylic acid groups (broad SMARTS) is 1. The number of aliphatic carboxylic acids is 1. The number of nitrogens with zero attached hydrogens (tertiary/aromatic N) is 2. The third-order valence-electron chi connectivity index (χ3n) is 3.22. The highest BCUT2D eigenvalue weighted by Crippen LogP contribution is 2.21. The first-order valence-corrected chi connectivity index (χ1v) is 7.52. The van der Waals surface area contributed by atoms with Crippen LogP contribution in [0.1, 0.15) is 19.5 Å². The fraction of sp³-hybridized carbons (Fsp3) is 0.250. The van der Waals surface area contributed by atoms with Crippen molar-refractivity contribution in [3.63, 3.8) is 0 Å². The van der Waals surface area contributed by atoms with E-state index in [0.29, 0.717) is 5.56 Å². The van der Waals surface area contributed by atoms with Crippen molar-refractivity contribution in [1.82, 2.24) is 9.97 Å². The van der Waals surface area contributed by atoms with Gasteiger partial charge in [-0.3, -0.25) is 9.79 Å². The van der Waals surface area contributed by atoms with Gasteiger partial charge in [0.1, 0.15) is 11.4 Å². The minimum absolute atomic E-state index is 0.0644. The lowest BCUT2D eigenvalue weighted by Gasteiger charge is -2.22. The molecule has 8 heteroatoms. The molecule has 0 aliphatic heterocycles. The predicted octanol–water partition coefficient (Wildman–Crippen LogP) is 1.72. The molecule has 0 radical (unpaired) electrons. The Bertz CT molecular complexity index is 825. The maximum absolute atomic E-state index is 12.1. The number of nitrogens with one attached hydrogen (secondary N) is 1. The van der Waals surface area contributed by atoms with E-state index in [2.05, 4.69) is 27.6 Å². The summed E-state index contributed by atoms with van der Waals surface area (Å²) < 4.78 is -0.921. The van der Waals surface area contributed by atoms with Gasteiger partial charge in [-0.15, -0.1) is 0 Å². The molecule has 0 aliphatic carbocycles. The molecule has 0 saturated heterocycles. The molecule has 7 nitrogen and oxygen atoms in total. The van der Waals surface area contributed by atoms with Crippen LogP contribution in [0.5, 0.6) is 5.88 Å². The van der Waals surface area contributed by atoms with Crippen molar-refractivity contribution in [1.29, 1.82) is 0 Å². The quantitative estimate of drug-likeness (QED) is 0.485. The Kier molecular flexibility index (Phi) is 5.08. The van der Waals surface area contributed by atoms with Crippen LogP contribution < -0.4 is 5.56 Å². The second kappa shape index (κ2) is 6.88. The highest BCUT2D eigenvalue weighted by atomic mass is 32.1. The lowest BCUT2D eigenvalue weighted by Crippen LogP contribution is -2.36. The lowest BCUT2D eigenvalue weighted by molar-refractivity contribution is -0.138. The van der Waals surface area contributed by atoms with Gasteiger partial charge >= 0.3 is 5.97 Å². The number of aromatic hydroxyl groups is 1. The van der Waals surface area contributed by atoms with Crippen LogP contribution in [0.25, 0.3) is 11.3 Å². The SMILES string of the molecule is CC(C)(S)C(N=Cc1[nH]c(=O)c(-c2ccccc2)nc1O)C(=O)O. The minimum atomic E-state index is -1.16. The summed E-state index contributed by atoms with van der Waals surface area (Å²) in [5.41, 5.74) is 0.0352. The highest BCUT2D eigenvalue weighted by molar-refractivity contribution is 7.81. The number of thiol groups is 1. The van der Waals surface area contributed by atoms with E-state index in [1.54, 1.807) is 44.2 Å². The van der Waals surface area contributed by atoms with Crippen LogP contribution in [0.2, 0.25) is 0 Å². The molecule has 1 aromatic carbocycles. The highest BCUT2D eigenvalue weighted by Gasteiger charge is 2.31. The molecule has 1 atom stereocenters. The van der Waals surface area contributed by atoms with Gasteiger partial charge in [0.25, 0.3) is 5.56 Å². The summed E-state index contributed by atoms with van der Waals surface area (Å²) in [5, 5.41) is 19.2. The molecule has 0 bridgehead atoms. The summed E-state index contributed by atoms with van der Waals surface area (Å²) in [6.07, 6.45) is 1.08. The summed E-state index contributed by atoms with van der Waals surface area (Å²) >= 11 is 4.20. The molecule has 0 fully saturated rings. The molecule has 0 spiro atoms. The van der Waals surface area contributed by atoms with Crippen molar-refractivity contribution in [3.8, 4) is 17.1 Å². The summed E-state index contributed by atoms with van der Waals surface area (Å²) in [6, 6.07) is 7.51. The molecule has 0 amide bonds. The van der Waals surface area contributed by atoms with E-state index in [0.717, 1.165) is 6.21 Å². The molecule has 0 saturated carbocycles. The van der Waals surface area contributed by atoms with Crippen LogP contribution in [0.15, 0.2) is 40.1 Å². The van der Waals surface area contributed by atoms with E-state index in [9.17, 15) is 19.8 Å². The molecule has 1 heterocycles. The zero-order valence-electron chi connectivity index (χ0n) is 13.1. The molecule has 3 N–H and O–H groups in total. The van der Waals surface area contributed by atoms with E-state index in [1.807, 2.05) is 0 Å². The topological polar surface area (TPSA) is 116 Å². The monoisotopic (exact) mass is 347 g/mol. The van der Waals surface area contributed by atoms with Crippen LogP contribution in [-0.4, -0.2) is 43.2 Å². The van der Waals surface area contributed by atoms with Crippen molar-refractivity contribution < 1.29 is 15.0 Å². The summed E-state index contributed by atoms with van der Waals surface area (Å²) in [5.74, 6) is -1.61.